The number of hydrogen-bond acceptors (Lipinski definition) is 3. The van der Waals surface area contributed by atoms with Gasteiger partial charge in [-0.05, 0) is 49.2 Å². The monoisotopic (exact) mass is 323 g/mol. The minimum absolute atomic E-state index is 0.311. The van der Waals surface area contributed by atoms with Crippen molar-refractivity contribution in [1.82, 2.24) is 0 Å². The van der Waals surface area contributed by atoms with E-state index in [9.17, 15) is 14.0 Å². The average Bonchev–Trinajstić information content (AvgIpc) is 3.37. The molecule has 0 unspecified atom stereocenters. The lowest BCUT2D eigenvalue weighted by atomic mass is 10.0. The number of carbonyl (C=O) groups is 2. The maximum Gasteiger partial charge on any atom is 0.240 e. The number of hydrogen-bond donors (Lipinski definition) is 2. The Labute approximate surface area is 138 Å². The predicted molar refractivity (Wildman–Crippen MR) is 86.5 cm³/mol. The molecule has 1 saturated carbocycles. The minimum Gasteiger partial charge on any atom is -0.325 e. The molecule has 6 heteroatoms. The Kier molecular flexibility index (Phi) is 4.00. The summed E-state index contributed by atoms with van der Waals surface area (Å²) in [6.45, 7) is 0. The van der Waals surface area contributed by atoms with E-state index in [1.54, 1.807) is 30.3 Å². The lowest BCUT2D eigenvalue weighted by Gasteiger charge is -2.15. The second-order valence-corrected chi connectivity index (χ2v) is 5.69. The summed E-state index contributed by atoms with van der Waals surface area (Å²) in [7, 11) is 0. The van der Waals surface area contributed by atoms with Crippen molar-refractivity contribution < 1.29 is 14.0 Å². The zero-order valence-electron chi connectivity index (χ0n) is 12.7. The molecule has 2 aromatic rings. The zero-order chi connectivity index (χ0) is 17.2. The molecule has 2 N–H and O–H groups in total. The Morgan fingerprint density at radius 2 is 1.58 bits per heavy atom. The second kappa shape index (κ2) is 6.13. The zero-order valence-corrected chi connectivity index (χ0v) is 12.7. The van der Waals surface area contributed by atoms with Gasteiger partial charge in [0.15, 0.2) is 0 Å². The smallest absolute Gasteiger partial charge is 0.240 e. The molecular formula is C18H14FN3O2. The van der Waals surface area contributed by atoms with Crippen LogP contribution >= 0.6 is 0 Å². The lowest BCUT2D eigenvalue weighted by Crippen LogP contribution is -2.35. The van der Waals surface area contributed by atoms with Gasteiger partial charge in [0, 0.05) is 11.4 Å². The second-order valence-electron chi connectivity index (χ2n) is 5.69. The van der Waals surface area contributed by atoms with Gasteiger partial charge in [-0.25, -0.2) is 4.39 Å². The molecule has 24 heavy (non-hydrogen) atoms. The fraction of sp³-hybridized carbons (Fsp3) is 0.167. The summed E-state index contributed by atoms with van der Waals surface area (Å²) in [5.74, 6) is -1.34. The SMILES string of the molecule is N#Cc1cccc(NC(=O)C2(C(=O)Nc3cccc(F)c3)CC2)c1. The van der Waals surface area contributed by atoms with Crippen molar-refractivity contribution in [2.75, 3.05) is 10.6 Å². The highest BCUT2D eigenvalue weighted by Gasteiger charge is 2.56. The molecule has 3 rings (SSSR count). The Hall–Kier alpha value is -3.20. The molecule has 0 atom stereocenters. The first-order chi connectivity index (χ1) is 11.5. The first kappa shape index (κ1) is 15.7. The van der Waals surface area contributed by atoms with Gasteiger partial charge in [0.05, 0.1) is 11.6 Å². The van der Waals surface area contributed by atoms with Gasteiger partial charge in [-0.2, -0.15) is 5.26 Å². The highest BCUT2D eigenvalue weighted by atomic mass is 19.1. The number of amides is 2. The number of carbonyl (C=O) groups excluding carboxylic acids is 2. The van der Waals surface area contributed by atoms with E-state index in [-0.39, 0.29) is 0 Å². The van der Waals surface area contributed by atoms with Crippen LogP contribution < -0.4 is 10.6 Å². The normalized spacial score (nSPS) is 14.3. The first-order valence-corrected chi connectivity index (χ1v) is 7.42. The van der Waals surface area contributed by atoms with Crippen LogP contribution in [-0.2, 0) is 9.59 Å². The molecule has 0 aromatic heterocycles. The average molecular weight is 323 g/mol. The summed E-state index contributed by atoms with van der Waals surface area (Å²) in [5.41, 5.74) is 0.0471. The van der Waals surface area contributed by atoms with Crippen molar-refractivity contribution in [1.29, 1.82) is 5.26 Å². The molecule has 1 aliphatic rings. The maximum absolute atomic E-state index is 13.2. The topological polar surface area (TPSA) is 82.0 Å². The molecule has 0 radical (unpaired) electrons. The summed E-state index contributed by atoms with van der Waals surface area (Å²) >= 11 is 0. The number of nitriles is 1. The molecule has 1 aliphatic carbocycles. The van der Waals surface area contributed by atoms with Crippen molar-refractivity contribution in [2.45, 2.75) is 12.8 Å². The Morgan fingerprint density at radius 1 is 1.00 bits per heavy atom. The van der Waals surface area contributed by atoms with Crippen molar-refractivity contribution in [3.63, 3.8) is 0 Å². The highest BCUT2D eigenvalue weighted by Crippen LogP contribution is 2.47. The standard InChI is InChI=1S/C18H14FN3O2/c19-13-4-2-6-15(10-13)22-17(24)18(7-8-18)16(23)21-14-5-1-3-12(9-14)11-20/h1-6,9-10H,7-8H2,(H,21,23)(H,22,24). The van der Waals surface area contributed by atoms with Gasteiger partial charge in [0.2, 0.25) is 11.8 Å². The van der Waals surface area contributed by atoms with Crippen LogP contribution in [0, 0.1) is 22.6 Å². The quantitative estimate of drug-likeness (QED) is 0.848. The molecule has 0 aliphatic heterocycles. The highest BCUT2D eigenvalue weighted by molar-refractivity contribution is 6.16. The Bertz CT molecular complexity index is 853. The number of anilines is 2. The number of nitrogens with one attached hydrogen (secondary N) is 2. The van der Waals surface area contributed by atoms with Crippen LogP contribution in [0.15, 0.2) is 48.5 Å². The molecule has 0 bridgehead atoms. The largest absolute Gasteiger partial charge is 0.325 e. The third kappa shape index (κ3) is 3.10. The molecule has 2 aromatic carbocycles. The van der Waals surface area contributed by atoms with E-state index in [2.05, 4.69) is 10.6 Å². The number of halogens is 1. The molecule has 5 nitrogen and oxygen atoms in total. The lowest BCUT2D eigenvalue weighted by molar-refractivity contribution is -0.131. The summed E-state index contributed by atoms with van der Waals surface area (Å²) in [4.78, 5) is 24.9. The maximum atomic E-state index is 13.2. The summed E-state index contributed by atoms with van der Waals surface area (Å²) in [5, 5.41) is 14.1. The fourth-order valence-corrected chi connectivity index (χ4v) is 2.42. The number of rotatable bonds is 4. The van der Waals surface area contributed by atoms with Gasteiger partial charge in [-0.3, -0.25) is 9.59 Å². The van der Waals surface area contributed by atoms with Gasteiger partial charge < -0.3 is 10.6 Å². The predicted octanol–water partition coefficient (Wildman–Crippen LogP) is 3.05. The third-order valence-electron chi connectivity index (χ3n) is 3.95. The van der Waals surface area contributed by atoms with Gasteiger partial charge in [-0.1, -0.05) is 12.1 Å². The molecule has 0 spiro atoms. The van der Waals surface area contributed by atoms with Crippen LogP contribution in [0.1, 0.15) is 18.4 Å². The summed E-state index contributed by atoms with van der Waals surface area (Å²) < 4.78 is 13.2. The van der Waals surface area contributed by atoms with Crippen LogP contribution in [0.3, 0.4) is 0 Å². The Morgan fingerprint density at radius 3 is 2.12 bits per heavy atom. The van der Waals surface area contributed by atoms with Crippen molar-refractivity contribution >= 4 is 23.2 Å². The molecule has 0 saturated heterocycles. The first-order valence-electron chi connectivity index (χ1n) is 7.42. The molecule has 120 valence electrons. The summed E-state index contributed by atoms with van der Waals surface area (Å²) in [6.07, 6.45) is 0.857. The van der Waals surface area contributed by atoms with Gasteiger partial charge >= 0.3 is 0 Å². The third-order valence-corrected chi connectivity index (χ3v) is 3.95. The van der Waals surface area contributed by atoms with Crippen LogP contribution in [0.25, 0.3) is 0 Å². The Balaban J connectivity index is 1.72. The van der Waals surface area contributed by atoms with E-state index in [1.807, 2.05) is 6.07 Å². The summed E-state index contributed by atoms with van der Waals surface area (Å²) in [6, 6.07) is 14.0. The van der Waals surface area contributed by atoms with Crippen molar-refractivity contribution in [2.24, 2.45) is 5.41 Å². The van der Waals surface area contributed by atoms with Crippen LogP contribution in [0.4, 0.5) is 15.8 Å². The van der Waals surface area contributed by atoms with E-state index in [0.29, 0.717) is 29.8 Å². The van der Waals surface area contributed by atoms with E-state index >= 15 is 0 Å². The van der Waals surface area contributed by atoms with E-state index in [4.69, 9.17) is 5.26 Å². The van der Waals surface area contributed by atoms with Crippen molar-refractivity contribution in [3.8, 4) is 6.07 Å². The van der Waals surface area contributed by atoms with E-state index in [1.165, 1.54) is 18.2 Å². The number of benzene rings is 2. The van der Waals surface area contributed by atoms with Crippen LogP contribution in [0.2, 0.25) is 0 Å². The van der Waals surface area contributed by atoms with E-state index in [0.717, 1.165) is 0 Å². The van der Waals surface area contributed by atoms with Crippen LogP contribution in [-0.4, -0.2) is 11.8 Å². The number of nitrogens with zero attached hydrogens (tertiary/aromatic N) is 1. The fourth-order valence-electron chi connectivity index (χ4n) is 2.42. The van der Waals surface area contributed by atoms with Gasteiger partial charge in [0.1, 0.15) is 11.2 Å². The van der Waals surface area contributed by atoms with Crippen LogP contribution in [0.5, 0.6) is 0 Å². The van der Waals surface area contributed by atoms with Crippen molar-refractivity contribution in [3.05, 3.63) is 59.9 Å². The molecule has 2 amide bonds. The minimum atomic E-state index is -1.14. The van der Waals surface area contributed by atoms with E-state index < -0.39 is 23.0 Å². The molecule has 0 heterocycles. The molecular weight excluding hydrogens is 309 g/mol. The van der Waals surface area contributed by atoms with Gasteiger partial charge in [0.25, 0.3) is 0 Å². The van der Waals surface area contributed by atoms with Gasteiger partial charge in [-0.15, -0.1) is 0 Å². The molecule has 1 fully saturated rings.